The monoisotopic (exact) mass is 301 g/mol. The predicted molar refractivity (Wildman–Crippen MR) is 67.4 cm³/mol. The van der Waals surface area contributed by atoms with Crippen LogP contribution in [-0.4, -0.2) is 16.5 Å². The van der Waals surface area contributed by atoms with Crippen LogP contribution in [0.3, 0.4) is 0 Å². The Balaban J connectivity index is 2.27. The smallest absolute Gasteiger partial charge is 0.405 e. The Bertz CT molecular complexity index is 598. The number of benzene rings is 1. The Morgan fingerprint density at radius 2 is 2.05 bits per heavy atom. The molecule has 1 aromatic carbocycles. The minimum Gasteiger partial charge on any atom is -0.405 e. The maximum atomic E-state index is 12.4. The number of para-hydroxylation sites is 1. The van der Waals surface area contributed by atoms with E-state index in [-0.39, 0.29) is 17.1 Å². The number of hydrogen-bond acceptors (Lipinski definition) is 5. The molecule has 0 amide bonds. The summed E-state index contributed by atoms with van der Waals surface area (Å²) in [5.74, 6) is 0.146. The van der Waals surface area contributed by atoms with Gasteiger partial charge in [0.05, 0.1) is 6.04 Å². The highest BCUT2D eigenvalue weighted by Crippen LogP contribution is 2.31. The third-order valence-corrected chi connectivity index (χ3v) is 2.71. The SMILES string of the molecule is CCCc1nc(C(N)c2ccccc2OC(F)(F)F)no1. The molecule has 1 heterocycles. The lowest BCUT2D eigenvalue weighted by Gasteiger charge is -2.15. The molecule has 0 saturated heterocycles. The maximum Gasteiger partial charge on any atom is 0.573 e. The lowest BCUT2D eigenvalue weighted by Crippen LogP contribution is -2.21. The van der Waals surface area contributed by atoms with E-state index >= 15 is 0 Å². The summed E-state index contributed by atoms with van der Waals surface area (Å²) in [6.07, 6.45) is -3.40. The number of nitrogens with zero attached hydrogens (tertiary/aromatic N) is 2. The molecule has 1 unspecified atom stereocenters. The highest BCUT2D eigenvalue weighted by molar-refractivity contribution is 5.38. The van der Waals surface area contributed by atoms with Gasteiger partial charge in [-0.3, -0.25) is 0 Å². The molecule has 0 aliphatic heterocycles. The van der Waals surface area contributed by atoms with Crippen LogP contribution in [0.4, 0.5) is 13.2 Å². The summed E-state index contributed by atoms with van der Waals surface area (Å²) in [4.78, 5) is 4.07. The number of aromatic nitrogens is 2. The summed E-state index contributed by atoms with van der Waals surface area (Å²) in [5.41, 5.74) is 6.05. The zero-order valence-corrected chi connectivity index (χ0v) is 11.2. The van der Waals surface area contributed by atoms with Crippen molar-refractivity contribution in [1.82, 2.24) is 10.1 Å². The van der Waals surface area contributed by atoms with Gasteiger partial charge in [-0.05, 0) is 12.5 Å². The number of ether oxygens (including phenoxy) is 1. The van der Waals surface area contributed by atoms with Crippen LogP contribution in [0.2, 0.25) is 0 Å². The Hall–Kier alpha value is -2.09. The molecule has 0 saturated carbocycles. The molecule has 114 valence electrons. The first-order chi connectivity index (χ1) is 9.90. The van der Waals surface area contributed by atoms with Gasteiger partial charge in [-0.2, -0.15) is 4.98 Å². The van der Waals surface area contributed by atoms with Gasteiger partial charge in [-0.25, -0.2) is 0 Å². The summed E-state index contributed by atoms with van der Waals surface area (Å²) in [5, 5.41) is 3.70. The molecule has 0 aliphatic rings. The minimum absolute atomic E-state index is 0.122. The van der Waals surface area contributed by atoms with Crippen molar-refractivity contribution in [2.24, 2.45) is 5.73 Å². The van der Waals surface area contributed by atoms with Gasteiger partial charge in [-0.1, -0.05) is 30.3 Å². The first kappa shape index (κ1) is 15.3. The van der Waals surface area contributed by atoms with Gasteiger partial charge in [-0.15, -0.1) is 13.2 Å². The Kier molecular flexibility index (Phi) is 4.46. The van der Waals surface area contributed by atoms with Gasteiger partial charge in [0, 0.05) is 12.0 Å². The largest absolute Gasteiger partial charge is 0.573 e. The fourth-order valence-corrected chi connectivity index (χ4v) is 1.80. The van der Waals surface area contributed by atoms with Crippen molar-refractivity contribution in [3.05, 3.63) is 41.5 Å². The van der Waals surface area contributed by atoms with E-state index in [9.17, 15) is 13.2 Å². The van der Waals surface area contributed by atoms with Crippen molar-refractivity contribution in [3.63, 3.8) is 0 Å². The molecule has 21 heavy (non-hydrogen) atoms. The van der Waals surface area contributed by atoms with Crippen molar-refractivity contribution in [1.29, 1.82) is 0 Å². The van der Waals surface area contributed by atoms with Crippen LogP contribution in [0.25, 0.3) is 0 Å². The molecule has 1 atom stereocenters. The first-order valence-electron chi connectivity index (χ1n) is 6.33. The number of halogens is 3. The number of rotatable bonds is 5. The lowest BCUT2D eigenvalue weighted by molar-refractivity contribution is -0.274. The molecule has 0 fully saturated rings. The van der Waals surface area contributed by atoms with Crippen molar-refractivity contribution in [2.45, 2.75) is 32.2 Å². The van der Waals surface area contributed by atoms with Crippen molar-refractivity contribution < 1.29 is 22.4 Å². The van der Waals surface area contributed by atoms with E-state index in [1.165, 1.54) is 18.2 Å². The highest BCUT2D eigenvalue weighted by Gasteiger charge is 2.33. The van der Waals surface area contributed by atoms with E-state index in [1.54, 1.807) is 6.07 Å². The van der Waals surface area contributed by atoms with Crippen LogP contribution >= 0.6 is 0 Å². The number of aryl methyl sites for hydroxylation is 1. The van der Waals surface area contributed by atoms with E-state index < -0.39 is 12.4 Å². The Morgan fingerprint density at radius 1 is 1.33 bits per heavy atom. The summed E-state index contributed by atoms with van der Waals surface area (Å²) >= 11 is 0. The predicted octanol–water partition coefficient (Wildman–Crippen LogP) is 2.97. The Labute approximate surface area is 118 Å². The molecule has 0 aliphatic carbocycles. The zero-order valence-electron chi connectivity index (χ0n) is 11.2. The summed E-state index contributed by atoms with van der Waals surface area (Å²) in [6, 6.07) is 4.65. The van der Waals surface area contributed by atoms with Crippen LogP contribution in [0, 0.1) is 0 Å². The Morgan fingerprint density at radius 3 is 2.71 bits per heavy atom. The zero-order chi connectivity index (χ0) is 15.5. The number of alkyl halides is 3. The molecule has 0 spiro atoms. The molecule has 0 bridgehead atoms. The topological polar surface area (TPSA) is 74.2 Å². The van der Waals surface area contributed by atoms with Gasteiger partial charge < -0.3 is 15.0 Å². The number of nitrogens with two attached hydrogens (primary N) is 1. The summed E-state index contributed by atoms with van der Waals surface area (Å²) < 4.78 is 46.1. The molecule has 2 rings (SSSR count). The van der Waals surface area contributed by atoms with Crippen LogP contribution in [0.1, 0.15) is 36.7 Å². The van der Waals surface area contributed by atoms with E-state index in [0.29, 0.717) is 12.3 Å². The van der Waals surface area contributed by atoms with Gasteiger partial charge in [0.2, 0.25) is 5.89 Å². The third-order valence-electron chi connectivity index (χ3n) is 2.71. The second-order valence-corrected chi connectivity index (χ2v) is 4.36. The fourth-order valence-electron chi connectivity index (χ4n) is 1.80. The quantitative estimate of drug-likeness (QED) is 0.919. The molecule has 1 aromatic heterocycles. The first-order valence-corrected chi connectivity index (χ1v) is 6.33. The van der Waals surface area contributed by atoms with E-state index in [2.05, 4.69) is 14.9 Å². The average molecular weight is 301 g/mol. The van der Waals surface area contributed by atoms with Crippen LogP contribution < -0.4 is 10.5 Å². The average Bonchev–Trinajstić information content (AvgIpc) is 2.86. The van der Waals surface area contributed by atoms with Crippen LogP contribution in [0.15, 0.2) is 28.8 Å². The summed E-state index contributed by atoms with van der Waals surface area (Å²) in [7, 11) is 0. The molecule has 5 nitrogen and oxygen atoms in total. The third kappa shape index (κ3) is 3.94. The van der Waals surface area contributed by atoms with E-state index in [0.717, 1.165) is 6.42 Å². The van der Waals surface area contributed by atoms with Gasteiger partial charge in [0.25, 0.3) is 0 Å². The molecule has 2 N–H and O–H groups in total. The number of hydrogen-bond donors (Lipinski definition) is 1. The van der Waals surface area contributed by atoms with Crippen LogP contribution in [-0.2, 0) is 6.42 Å². The van der Waals surface area contributed by atoms with Crippen molar-refractivity contribution >= 4 is 0 Å². The van der Waals surface area contributed by atoms with Gasteiger partial charge in [0.15, 0.2) is 5.82 Å². The maximum absolute atomic E-state index is 12.4. The van der Waals surface area contributed by atoms with Gasteiger partial charge >= 0.3 is 6.36 Å². The van der Waals surface area contributed by atoms with E-state index in [4.69, 9.17) is 10.3 Å². The molecular formula is C13H14F3N3O2. The molecule has 8 heteroatoms. The standard InChI is InChI=1S/C13H14F3N3O2/c1-2-5-10-18-12(19-21-10)11(17)8-6-3-4-7-9(8)20-13(14,15)16/h3-4,6-7,11H,2,5,17H2,1H3. The second kappa shape index (κ2) is 6.13. The van der Waals surface area contributed by atoms with E-state index in [1.807, 2.05) is 6.92 Å². The normalized spacial score (nSPS) is 13.2. The minimum atomic E-state index is -4.79. The highest BCUT2D eigenvalue weighted by atomic mass is 19.4. The van der Waals surface area contributed by atoms with Crippen molar-refractivity contribution in [3.8, 4) is 5.75 Å². The fraction of sp³-hybridized carbons (Fsp3) is 0.385. The second-order valence-electron chi connectivity index (χ2n) is 4.36. The van der Waals surface area contributed by atoms with Gasteiger partial charge in [0.1, 0.15) is 5.75 Å². The summed E-state index contributed by atoms with van der Waals surface area (Å²) in [6.45, 7) is 1.94. The molecular weight excluding hydrogens is 287 g/mol. The molecule has 2 aromatic rings. The van der Waals surface area contributed by atoms with Crippen LogP contribution in [0.5, 0.6) is 5.75 Å². The molecule has 0 radical (unpaired) electrons. The van der Waals surface area contributed by atoms with Crippen molar-refractivity contribution in [2.75, 3.05) is 0 Å². The lowest BCUT2D eigenvalue weighted by atomic mass is 10.1.